The molecule has 0 radical (unpaired) electrons. The highest BCUT2D eigenvalue weighted by Crippen LogP contribution is 2.24. The fraction of sp³-hybridized carbons (Fsp3) is 0.143. The summed E-state index contributed by atoms with van der Waals surface area (Å²) < 4.78 is 47.9. The molecule has 2 aromatic heterocycles. The van der Waals surface area contributed by atoms with E-state index < -0.39 is 24.4 Å². The van der Waals surface area contributed by atoms with Gasteiger partial charge in [-0.25, -0.2) is 4.39 Å². The van der Waals surface area contributed by atoms with Crippen molar-refractivity contribution in [2.45, 2.75) is 6.11 Å². The van der Waals surface area contributed by atoms with Crippen LogP contribution in [0.4, 0.5) is 13.2 Å². The van der Waals surface area contributed by atoms with E-state index in [0.717, 1.165) is 0 Å². The van der Waals surface area contributed by atoms with Gasteiger partial charge in [0.15, 0.2) is 17.8 Å². The number of nitrogens with zero attached hydrogens (tertiary/aromatic N) is 2. The summed E-state index contributed by atoms with van der Waals surface area (Å²) >= 11 is 0. The van der Waals surface area contributed by atoms with Crippen molar-refractivity contribution in [3.8, 4) is 11.8 Å². The van der Waals surface area contributed by atoms with E-state index in [1.165, 1.54) is 16.8 Å². The van der Waals surface area contributed by atoms with Gasteiger partial charge in [0.05, 0.1) is 0 Å². The molecule has 0 saturated carbocycles. The average Bonchev–Trinajstić information content (AvgIpc) is 2.91. The van der Waals surface area contributed by atoms with E-state index in [1.807, 2.05) is 0 Å². The Morgan fingerprint density at radius 1 is 1.23 bits per heavy atom. The fourth-order valence-corrected chi connectivity index (χ4v) is 1.89. The highest BCUT2D eigenvalue weighted by atomic mass is 19.3. The first-order chi connectivity index (χ1) is 10.5. The Kier molecular flexibility index (Phi) is 3.36. The van der Waals surface area contributed by atoms with Crippen LogP contribution < -0.4 is 10.3 Å². The van der Waals surface area contributed by atoms with E-state index >= 15 is 0 Å². The van der Waals surface area contributed by atoms with Gasteiger partial charge in [0.1, 0.15) is 0 Å². The first-order valence-electron chi connectivity index (χ1n) is 6.20. The van der Waals surface area contributed by atoms with Crippen LogP contribution in [-0.2, 0) is 0 Å². The number of para-hydroxylation sites is 1. The number of hydrogen-bond donors (Lipinski definition) is 0. The van der Waals surface area contributed by atoms with E-state index in [2.05, 4.69) is 9.72 Å². The van der Waals surface area contributed by atoms with Gasteiger partial charge >= 0.3 is 12.2 Å². The van der Waals surface area contributed by atoms with Crippen molar-refractivity contribution >= 4 is 11.1 Å². The van der Waals surface area contributed by atoms with Crippen molar-refractivity contribution in [3.63, 3.8) is 0 Å². The van der Waals surface area contributed by atoms with Gasteiger partial charge in [-0.05, 0) is 12.1 Å². The SMILES string of the molecule is O=c1c2nc(OC(F)(F)CF)oc2ccn1-c1ccccc1. The quantitative estimate of drug-likeness (QED) is 0.743. The summed E-state index contributed by atoms with van der Waals surface area (Å²) in [5.41, 5.74) is -0.197. The Balaban J connectivity index is 2.07. The van der Waals surface area contributed by atoms with E-state index in [1.54, 1.807) is 30.3 Å². The fourth-order valence-electron chi connectivity index (χ4n) is 1.89. The first kappa shape index (κ1) is 14.2. The van der Waals surface area contributed by atoms with Crippen molar-refractivity contribution in [3.05, 3.63) is 52.9 Å². The number of rotatable bonds is 4. The Labute approximate surface area is 121 Å². The highest BCUT2D eigenvalue weighted by molar-refractivity contribution is 5.72. The van der Waals surface area contributed by atoms with Crippen LogP contribution in [0.1, 0.15) is 0 Å². The van der Waals surface area contributed by atoms with Crippen molar-refractivity contribution in [1.82, 2.24) is 9.55 Å². The predicted octanol–water partition coefficient (Wildman–Crippen LogP) is 2.92. The summed E-state index contributed by atoms with van der Waals surface area (Å²) in [6.07, 6.45) is -3.50. The lowest BCUT2D eigenvalue weighted by atomic mass is 10.3. The number of hydrogen-bond acceptors (Lipinski definition) is 4. The van der Waals surface area contributed by atoms with Gasteiger partial charge in [-0.3, -0.25) is 9.36 Å². The molecule has 5 nitrogen and oxygen atoms in total. The molecule has 0 aliphatic heterocycles. The van der Waals surface area contributed by atoms with Crippen LogP contribution in [0.2, 0.25) is 0 Å². The van der Waals surface area contributed by atoms with Crippen LogP contribution in [0, 0.1) is 0 Å². The third-order valence-electron chi connectivity index (χ3n) is 2.86. The zero-order valence-corrected chi connectivity index (χ0v) is 11.0. The maximum absolute atomic E-state index is 12.8. The minimum Gasteiger partial charge on any atom is -0.409 e. The van der Waals surface area contributed by atoms with Gasteiger partial charge in [-0.15, -0.1) is 0 Å². The number of fused-ring (bicyclic) bond motifs is 1. The summed E-state index contributed by atoms with van der Waals surface area (Å²) in [6.45, 7) is -2.03. The van der Waals surface area contributed by atoms with Crippen LogP contribution in [0.5, 0.6) is 6.08 Å². The second-order valence-corrected chi connectivity index (χ2v) is 4.39. The highest BCUT2D eigenvalue weighted by Gasteiger charge is 2.34. The number of alkyl halides is 3. The summed E-state index contributed by atoms with van der Waals surface area (Å²) in [6, 6.07) is 10.0. The van der Waals surface area contributed by atoms with E-state index in [4.69, 9.17) is 4.42 Å². The summed E-state index contributed by atoms with van der Waals surface area (Å²) in [5, 5.41) is 0. The topological polar surface area (TPSA) is 57.3 Å². The third kappa shape index (κ3) is 2.54. The molecule has 8 heteroatoms. The molecular formula is C14H9F3N2O3. The molecule has 0 fully saturated rings. The minimum absolute atomic E-state index is 0.0261. The Hall–Kier alpha value is -2.77. The van der Waals surface area contributed by atoms with Crippen molar-refractivity contribution in [2.24, 2.45) is 0 Å². The zero-order chi connectivity index (χ0) is 15.7. The molecule has 0 saturated heterocycles. The molecule has 0 aliphatic rings. The van der Waals surface area contributed by atoms with Gasteiger partial charge < -0.3 is 9.15 Å². The Morgan fingerprint density at radius 3 is 2.64 bits per heavy atom. The lowest BCUT2D eigenvalue weighted by Crippen LogP contribution is -2.27. The minimum atomic E-state index is -4.06. The van der Waals surface area contributed by atoms with Crippen molar-refractivity contribution < 1.29 is 22.3 Å². The summed E-state index contributed by atoms with van der Waals surface area (Å²) in [4.78, 5) is 15.9. The number of pyridine rings is 1. The zero-order valence-electron chi connectivity index (χ0n) is 11.0. The normalized spacial score (nSPS) is 11.8. The molecule has 22 heavy (non-hydrogen) atoms. The average molecular weight is 310 g/mol. The third-order valence-corrected chi connectivity index (χ3v) is 2.86. The van der Waals surface area contributed by atoms with Crippen LogP contribution >= 0.6 is 0 Å². The lowest BCUT2D eigenvalue weighted by Gasteiger charge is -2.09. The van der Waals surface area contributed by atoms with Gasteiger partial charge in [-0.2, -0.15) is 13.8 Å². The monoisotopic (exact) mass is 310 g/mol. The number of aromatic nitrogens is 2. The number of halogens is 3. The Morgan fingerprint density at radius 2 is 1.95 bits per heavy atom. The maximum Gasteiger partial charge on any atom is 0.430 e. The van der Waals surface area contributed by atoms with Crippen LogP contribution in [0.25, 0.3) is 16.8 Å². The molecule has 1 aromatic carbocycles. The molecule has 0 aliphatic carbocycles. The summed E-state index contributed by atoms with van der Waals surface area (Å²) in [5.74, 6) is 0. The van der Waals surface area contributed by atoms with Gasteiger partial charge in [0, 0.05) is 18.0 Å². The second kappa shape index (κ2) is 5.21. The maximum atomic E-state index is 12.8. The molecular weight excluding hydrogens is 301 g/mol. The standard InChI is InChI=1S/C14H9F3N2O3/c15-8-14(16,17)22-13-18-11-10(21-13)6-7-19(12(11)20)9-4-2-1-3-5-9/h1-7H,8H2. The molecule has 0 bridgehead atoms. The van der Waals surface area contributed by atoms with Crippen LogP contribution in [0.3, 0.4) is 0 Å². The second-order valence-electron chi connectivity index (χ2n) is 4.39. The molecule has 0 spiro atoms. The molecule has 0 N–H and O–H groups in total. The van der Waals surface area contributed by atoms with Gasteiger partial charge in [0.2, 0.25) is 0 Å². The lowest BCUT2D eigenvalue weighted by molar-refractivity contribution is -0.196. The van der Waals surface area contributed by atoms with Crippen molar-refractivity contribution in [2.75, 3.05) is 6.67 Å². The number of benzene rings is 1. The van der Waals surface area contributed by atoms with E-state index in [-0.39, 0.29) is 11.1 Å². The largest absolute Gasteiger partial charge is 0.430 e. The molecule has 3 aromatic rings. The Bertz CT molecular complexity index is 859. The van der Waals surface area contributed by atoms with E-state index in [9.17, 15) is 18.0 Å². The van der Waals surface area contributed by atoms with Crippen LogP contribution in [0.15, 0.2) is 51.8 Å². The first-order valence-corrected chi connectivity index (χ1v) is 6.20. The predicted molar refractivity (Wildman–Crippen MR) is 71.2 cm³/mol. The molecule has 0 unspecified atom stereocenters. The smallest absolute Gasteiger partial charge is 0.409 e. The molecule has 2 heterocycles. The molecule has 0 atom stereocenters. The molecule has 3 rings (SSSR count). The molecule has 114 valence electrons. The number of ether oxygens (including phenoxy) is 1. The van der Waals surface area contributed by atoms with Crippen molar-refractivity contribution in [1.29, 1.82) is 0 Å². The van der Waals surface area contributed by atoms with Gasteiger partial charge in [-0.1, -0.05) is 18.2 Å². The van der Waals surface area contributed by atoms with E-state index in [0.29, 0.717) is 5.69 Å². The molecule has 0 amide bonds. The van der Waals surface area contributed by atoms with Crippen LogP contribution in [-0.4, -0.2) is 22.3 Å². The number of oxazole rings is 1. The summed E-state index contributed by atoms with van der Waals surface area (Å²) in [7, 11) is 0. The van der Waals surface area contributed by atoms with Gasteiger partial charge in [0.25, 0.3) is 5.56 Å².